The van der Waals surface area contributed by atoms with Crippen molar-refractivity contribution < 1.29 is 42.9 Å². The molecule has 3 unspecified atom stereocenters. The average Bonchev–Trinajstić information content (AvgIpc) is 3.03. The summed E-state index contributed by atoms with van der Waals surface area (Å²) in [6.07, 6.45) is 10.7. The van der Waals surface area contributed by atoms with E-state index in [2.05, 4.69) is 43.0 Å². The zero-order valence-electron chi connectivity index (χ0n) is 18.6. The van der Waals surface area contributed by atoms with Gasteiger partial charge in [0, 0.05) is 56.4 Å². The van der Waals surface area contributed by atoms with Crippen LogP contribution in [0.1, 0.15) is 101 Å². The Morgan fingerprint density at radius 1 is 1.20 bits per heavy atom. The topological polar surface area (TPSA) is 44.8 Å². The van der Waals surface area contributed by atoms with Gasteiger partial charge in [0.25, 0.3) is 0 Å². The van der Waals surface area contributed by atoms with E-state index < -0.39 is 12.2 Å². The molecule has 3 nitrogen and oxygen atoms in total. The summed E-state index contributed by atoms with van der Waals surface area (Å²) in [4.78, 5) is 3.85. The molecule has 2 aliphatic rings. The third kappa shape index (κ3) is 5.56. The maximum Gasteiger partial charge on any atom is 0.229 e. The second-order valence-corrected chi connectivity index (χ2v) is 9.43. The number of aliphatic hydroxyl groups excluding tert-OH is 2. The Hall–Kier alpha value is -0.266. The molecule has 1 aromatic rings. The standard InChI is InChI=1S/C26H38NO2.Y/c1-4-6-7-8-10-21-22(27-3)18-23(28)24(21)19-11-13-20(14-12-19)25(29)26(15-5-2)16-9-17-26;/h11-14,21-25,28-29H,1,4-10,15-18H2,2H3;/q-1;/t21?,22-,23-,24?,25?;/m1./s1. The fourth-order valence-electron chi connectivity index (χ4n) is 5.86. The third-order valence-electron chi connectivity index (χ3n) is 7.62. The Kier molecular flexibility index (Phi) is 10.5. The van der Waals surface area contributed by atoms with Gasteiger partial charge in [0.2, 0.25) is 6.04 Å². The smallest absolute Gasteiger partial charge is 0.229 e. The van der Waals surface area contributed by atoms with Crippen molar-refractivity contribution >= 4 is 0 Å². The summed E-state index contributed by atoms with van der Waals surface area (Å²) in [5.74, 6) is 0.259. The van der Waals surface area contributed by atoms with Crippen LogP contribution < -0.4 is 0 Å². The Balaban J connectivity index is 0.00000320. The third-order valence-corrected chi connectivity index (χ3v) is 7.62. The van der Waals surface area contributed by atoms with E-state index >= 15 is 0 Å². The minimum absolute atomic E-state index is 0. The van der Waals surface area contributed by atoms with Gasteiger partial charge in [-0.1, -0.05) is 63.3 Å². The van der Waals surface area contributed by atoms with Crippen molar-refractivity contribution in [3.8, 4) is 0 Å². The summed E-state index contributed by atoms with van der Waals surface area (Å²) in [7, 11) is 0. The number of hydrogen-bond acceptors (Lipinski definition) is 2. The summed E-state index contributed by atoms with van der Waals surface area (Å²) in [5.41, 5.74) is 2.19. The van der Waals surface area contributed by atoms with Crippen LogP contribution in [-0.2, 0) is 32.7 Å². The Bertz CT molecular complexity index is 679. The van der Waals surface area contributed by atoms with E-state index in [0.717, 1.165) is 68.9 Å². The maximum absolute atomic E-state index is 11.0. The predicted octanol–water partition coefficient (Wildman–Crippen LogP) is 6.22. The van der Waals surface area contributed by atoms with Crippen LogP contribution in [0.3, 0.4) is 0 Å². The van der Waals surface area contributed by atoms with Gasteiger partial charge in [-0.2, -0.15) is 6.42 Å². The first-order valence-corrected chi connectivity index (χ1v) is 11.7. The van der Waals surface area contributed by atoms with Gasteiger partial charge < -0.3 is 22.0 Å². The molecule has 1 aromatic carbocycles. The predicted molar refractivity (Wildman–Crippen MR) is 118 cm³/mol. The van der Waals surface area contributed by atoms with Gasteiger partial charge in [0.1, 0.15) is 0 Å². The SMILES string of the molecule is [C-]#[N+][C@@H]1C[C@@H](O)C(c2ccc(C(O)C3(CCC)CCC3)cc2)C1CCCCC[CH2-].[Y]. The van der Waals surface area contributed by atoms with Crippen LogP contribution in [0, 0.1) is 24.8 Å². The summed E-state index contributed by atoms with van der Waals surface area (Å²) < 4.78 is 0. The zero-order chi connectivity index (χ0) is 20.9. The van der Waals surface area contributed by atoms with E-state index in [-0.39, 0.29) is 56.0 Å². The first-order chi connectivity index (χ1) is 14.1. The van der Waals surface area contributed by atoms with Crippen LogP contribution in [-0.4, -0.2) is 22.4 Å². The van der Waals surface area contributed by atoms with Crippen molar-refractivity contribution in [2.45, 2.75) is 102 Å². The van der Waals surface area contributed by atoms with E-state index in [1.807, 2.05) is 0 Å². The van der Waals surface area contributed by atoms with Gasteiger partial charge in [-0.3, -0.25) is 0 Å². The van der Waals surface area contributed by atoms with Crippen molar-refractivity contribution in [3.05, 3.63) is 53.7 Å². The van der Waals surface area contributed by atoms with Crippen molar-refractivity contribution in [3.63, 3.8) is 0 Å². The van der Waals surface area contributed by atoms with Crippen LogP contribution in [0.25, 0.3) is 4.85 Å². The number of unbranched alkanes of at least 4 members (excludes halogenated alkanes) is 3. The number of benzene rings is 1. The van der Waals surface area contributed by atoms with Gasteiger partial charge >= 0.3 is 0 Å². The fraction of sp³-hybridized carbons (Fsp3) is 0.692. The van der Waals surface area contributed by atoms with Crippen molar-refractivity contribution in [1.29, 1.82) is 0 Å². The number of nitrogens with zero attached hydrogens (tertiary/aromatic N) is 1. The Morgan fingerprint density at radius 3 is 2.43 bits per heavy atom. The molecule has 0 saturated heterocycles. The molecule has 2 saturated carbocycles. The molecule has 2 fully saturated rings. The molecule has 3 rings (SSSR count). The van der Waals surface area contributed by atoms with Crippen LogP contribution in [0.5, 0.6) is 0 Å². The molecule has 0 amide bonds. The molecular formula is C26H38NO2Y-. The number of rotatable bonds is 10. The minimum atomic E-state index is -0.444. The molecule has 2 N–H and O–H groups in total. The van der Waals surface area contributed by atoms with E-state index in [1.165, 1.54) is 6.42 Å². The van der Waals surface area contributed by atoms with Crippen LogP contribution in [0.2, 0.25) is 0 Å². The molecule has 163 valence electrons. The zero-order valence-corrected chi connectivity index (χ0v) is 21.4. The van der Waals surface area contributed by atoms with Crippen LogP contribution in [0.15, 0.2) is 24.3 Å². The van der Waals surface area contributed by atoms with Gasteiger partial charge in [-0.05, 0) is 36.8 Å². The molecule has 0 aromatic heterocycles. The first-order valence-electron chi connectivity index (χ1n) is 11.7. The largest absolute Gasteiger partial charge is 0.392 e. The van der Waals surface area contributed by atoms with Gasteiger partial charge in [-0.25, -0.2) is 6.57 Å². The number of aliphatic hydroxyl groups is 2. The second kappa shape index (κ2) is 12.1. The minimum Gasteiger partial charge on any atom is -0.392 e. The van der Waals surface area contributed by atoms with E-state index in [9.17, 15) is 10.2 Å². The molecule has 30 heavy (non-hydrogen) atoms. The normalized spacial score (nSPS) is 28.2. The molecule has 0 heterocycles. The maximum atomic E-state index is 11.0. The quantitative estimate of drug-likeness (QED) is 0.305. The summed E-state index contributed by atoms with van der Waals surface area (Å²) in [6, 6.07) is 8.24. The van der Waals surface area contributed by atoms with E-state index in [0.29, 0.717) is 6.42 Å². The second-order valence-electron chi connectivity index (χ2n) is 9.43. The molecule has 4 heteroatoms. The van der Waals surface area contributed by atoms with E-state index in [4.69, 9.17) is 6.57 Å². The number of hydrogen-bond donors (Lipinski definition) is 2. The van der Waals surface area contributed by atoms with Crippen molar-refractivity contribution in [1.82, 2.24) is 0 Å². The van der Waals surface area contributed by atoms with E-state index in [1.54, 1.807) is 0 Å². The molecule has 1 radical (unpaired) electrons. The van der Waals surface area contributed by atoms with Crippen LogP contribution >= 0.6 is 0 Å². The summed E-state index contributed by atoms with van der Waals surface area (Å²) in [5, 5.41) is 21.8. The molecule has 0 bridgehead atoms. The average molecular weight is 486 g/mol. The van der Waals surface area contributed by atoms with Crippen molar-refractivity contribution in [2.24, 2.45) is 11.3 Å². The van der Waals surface area contributed by atoms with Crippen LogP contribution in [0.4, 0.5) is 0 Å². The van der Waals surface area contributed by atoms with Gasteiger partial charge in [0.15, 0.2) is 0 Å². The monoisotopic (exact) mass is 485 g/mol. The van der Waals surface area contributed by atoms with Gasteiger partial charge in [-0.15, -0.1) is 0 Å². The molecule has 0 spiro atoms. The fourth-order valence-corrected chi connectivity index (χ4v) is 5.86. The summed E-state index contributed by atoms with van der Waals surface area (Å²) in [6.45, 7) is 13.7. The Labute approximate surface area is 208 Å². The molecular weight excluding hydrogens is 447 g/mol. The first kappa shape index (κ1) is 26.0. The molecule has 0 aliphatic heterocycles. The molecule has 5 atom stereocenters. The van der Waals surface area contributed by atoms with Gasteiger partial charge in [0.05, 0.1) is 12.2 Å². The summed E-state index contributed by atoms with van der Waals surface area (Å²) >= 11 is 0. The molecule has 2 aliphatic carbocycles. The van der Waals surface area contributed by atoms with Crippen molar-refractivity contribution in [2.75, 3.05) is 0 Å². The Morgan fingerprint density at radius 2 is 1.90 bits per heavy atom.